The van der Waals surface area contributed by atoms with Crippen molar-refractivity contribution in [2.24, 2.45) is 0 Å². The Kier molecular flexibility index (Phi) is 7.24. The Hall–Kier alpha value is -2.70. The van der Waals surface area contributed by atoms with Crippen LogP contribution < -0.4 is 10.6 Å². The van der Waals surface area contributed by atoms with E-state index in [4.69, 9.17) is 0 Å². The minimum atomic E-state index is -0.0905. The van der Waals surface area contributed by atoms with E-state index in [1.54, 1.807) is 12.1 Å². The second kappa shape index (κ2) is 9.87. The molecule has 0 saturated heterocycles. The fourth-order valence-corrected chi connectivity index (χ4v) is 3.75. The van der Waals surface area contributed by atoms with Crippen molar-refractivity contribution in [3.8, 4) is 0 Å². The number of fused-ring (bicyclic) bond motifs is 2. The first kappa shape index (κ1) is 22.0. The van der Waals surface area contributed by atoms with Gasteiger partial charge in [0, 0.05) is 35.6 Å². The van der Waals surface area contributed by atoms with E-state index >= 15 is 0 Å². The summed E-state index contributed by atoms with van der Waals surface area (Å²) in [6, 6.07) is 10.9. The number of anilines is 2. The molecule has 0 fully saturated rings. The number of hydrogen-bond donors (Lipinski definition) is 2. The first-order chi connectivity index (χ1) is 14.4. The molecule has 2 aromatic carbocycles. The van der Waals surface area contributed by atoms with Gasteiger partial charge in [-0.05, 0) is 66.3 Å². The SMILES string of the molecule is CN(C)CCCNc1ccc(NCCCN(C)C)c2c1C(=O)c1ccccc1C2=O. The molecular weight excluding hydrogens is 376 g/mol. The molecule has 160 valence electrons. The summed E-state index contributed by atoms with van der Waals surface area (Å²) in [7, 11) is 8.16. The average molecular weight is 409 g/mol. The molecule has 0 heterocycles. The van der Waals surface area contributed by atoms with Crippen molar-refractivity contribution < 1.29 is 9.59 Å². The predicted molar refractivity (Wildman–Crippen MR) is 123 cm³/mol. The molecule has 2 N–H and O–H groups in total. The highest BCUT2D eigenvalue weighted by Gasteiger charge is 2.33. The average Bonchev–Trinajstić information content (AvgIpc) is 2.72. The maximum Gasteiger partial charge on any atom is 0.196 e. The molecule has 0 aliphatic heterocycles. The van der Waals surface area contributed by atoms with Crippen molar-refractivity contribution in [1.82, 2.24) is 9.80 Å². The number of benzene rings is 2. The van der Waals surface area contributed by atoms with Gasteiger partial charge in [0.15, 0.2) is 11.6 Å². The summed E-state index contributed by atoms with van der Waals surface area (Å²) >= 11 is 0. The van der Waals surface area contributed by atoms with Crippen LogP contribution in [0.25, 0.3) is 0 Å². The number of nitrogens with one attached hydrogen (secondary N) is 2. The zero-order chi connectivity index (χ0) is 21.7. The number of ketones is 2. The van der Waals surface area contributed by atoms with E-state index in [-0.39, 0.29) is 11.6 Å². The largest absolute Gasteiger partial charge is 0.384 e. The van der Waals surface area contributed by atoms with Crippen LogP contribution in [0.5, 0.6) is 0 Å². The van der Waals surface area contributed by atoms with Crippen LogP contribution >= 0.6 is 0 Å². The molecule has 1 aliphatic carbocycles. The number of rotatable bonds is 10. The van der Waals surface area contributed by atoms with Crippen molar-refractivity contribution in [2.75, 3.05) is 65.0 Å². The molecule has 0 atom stereocenters. The molecule has 0 bridgehead atoms. The number of carbonyl (C=O) groups is 2. The van der Waals surface area contributed by atoms with Gasteiger partial charge in [0.2, 0.25) is 0 Å². The van der Waals surface area contributed by atoms with Gasteiger partial charge in [-0.1, -0.05) is 24.3 Å². The highest BCUT2D eigenvalue weighted by atomic mass is 16.1. The third kappa shape index (κ3) is 4.89. The van der Waals surface area contributed by atoms with Crippen LogP contribution in [-0.2, 0) is 0 Å². The van der Waals surface area contributed by atoms with Crippen LogP contribution in [0.4, 0.5) is 11.4 Å². The highest BCUT2D eigenvalue weighted by molar-refractivity contribution is 6.31. The van der Waals surface area contributed by atoms with Crippen LogP contribution in [0.2, 0.25) is 0 Å². The molecule has 3 rings (SSSR count). The third-order valence-corrected chi connectivity index (χ3v) is 5.27. The first-order valence-electron chi connectivity index (χ1n) is 10.5. The summed E-state index contributed by atoms with van der Waals surface area (Å²) in [5, 5.41) is 6.77. The van der Waals surface area contributed by atoms with Gasteiger partial charge in [-0.25, -0.2) is 0 Å². The minimum Gasteiger partial charge on any atom is -0.384 e. The monoisotopic (exact) mass is 408 g/mol. The van der Waals surface area contributed by atoms with Crippen molar-refractivity contribution in [3.63, 3.8) is 0 Å². The van der Waals surface area contributed by atoms with Gasteiger partial charge in [0.25, 0.3) is 0 Å². The topological polar surface area (TPSA) is 64.7 Å². The molecular formula is C24H32N4O2. The van der Waals surface area contributed by atoms with Gasteiger partial charge in [0.05, 0.1) is 11.1 Å². The van der Waals surface area contributed by atoms with Crippen LogP contribution in [-0.4, -0.2) is 75.7 Å². The van der Waals surface area contributed by atoms with Crippen LogP contribution in [0, 0.1) is 0 Å². The fourth-order valence-electron chi connectivity index (χ4n) is 3.75. The molecule has 0 radical (unpaired) electrons. The fraction of sp³-hybridized carbons (Fsp3) is 0.417. The molecule has 0 aromatic heterocycles. The van der Waals surface area contributed by atoms with E-state index in [0.29, 0.717) is 22.3 Å². The van der Waals surface area contributed by atoms with Crippen molar-refractivity contribution >= 4 is 22.9 Å². The molecule has 0 unspecified atom stereocenters. The van der Waals surface area contributed by atoms with Gasteiger partial charge in [-0.15, -0.1) is 0 Å². The summed E-state index contributed by atoms with van der Waals surface area (Å²) in [6.07, 6.45) is 1.90. The van der Waals surface area contributed by atoms with Crippen LogP contribution in [0.15, 0.2) is 36.4 Å². The summed E-state index contributed by atoms with van der Waals surface area (Å²) < 4.78 is 0. The Balaban J connectivity index is 1.92. The zero-order valence-electron chi connectivity index (χ0n) is 18.4. The quantitative estimate of drug-likeness (QED) is 0.503. The first-order valence-corrected chi connectivity index (χ1v) is 10.5. The Morgan fingerprint density at radius 3 is 1.43 bits per heavy atom. The molecule has 30 heavy (non-hydrogen) atoms. The second-order valence-electron chi connectivity index (χ2n) is 8.28. The summed E-state index contributed by atoms with van der Waals surface area (Å²) in [5.74, 6) is -0.181. The minimum absolute atomic E-state index is 0.0905. The Labute approximate surface area is 179 Å². The summed E-state index contributed by atoms with van der Waals surface area (Å²) in [5.41, 5.74) is 3.40. The molecule has 0 saturated carbocycles. The standard InChI is InChI=1S/C24H32N4O2/c1-27(2)15-7-13-25-19-11-12-20(26-14-8-16-28(3)4)22-21(19)23(29)17-9-5-6-10-18(17)24(22)30/h5-6,9-12,25-26H,7-8,13-16H2,1-4H3. The maximum absolute atomic E-state index is 13.4. The predicted octanol–water partition coefficient (Wildman–Crippen LogP) is 3.19. The van der Waals surface area contributed by atoms with E-state index < -0.39 is 0 Å². The smallest absolute Gasteiger partial charge is 0.196 e. The zero-order valence-corrected chi connectivity index (χ0v) is 18.4. The van der Waals surface area contributed by atoms with E-state index in [2.05, 4.69) is 20.4 Å². The van der Waals surface area contributed by atoms with E-state index in [9.17, 15) is 9.59 Å². The number of hydrogen-bond acceptors (Lipinski definition) is 6. The summed E-state index contributed by atoms with van der Waals surface area (Å²) in [4.78, 5) is 31.0. The van der Waals surface area contributed by atoms with Crippen LogP contribution in [0.3, 0.4) is 0 Å². The molecule has 0 amide bonds. The molecule has 6 nitrogen and oxygen atoms in total. The lowest BCUT2D eigenvalue weighted by molar-refractivity contribution is 0.0980. The second-order valence-corrected chi connectivity index (χ2v) is 8.28. The van der Waals surface area contributed by atoms with Gasteiger partial charge in [-0.2, -0.15) is 0 Å². The van der Waals surface area contributed by atoms with Gasteiger partial charge in [-0.3, -0.25) is 9.59 Å². The molecule has 2 aromatic rings. The van der Waals surface area contributed by atoms with E-state index in [1.165, 1.54) is 0 Å². The molecule has 6 heteroatoms. The van der Waals surface area contributed by atoms with Crippen molar-refractivity contribution in [3.05, 3.63) is 58.7 Å². The lowest BCUT2D eigenvalue weighted by Gasteiger charge is -2.24. The molecule has 1 aliphatic rings. The van der Waals surface area contributed by atoms with Crippen LogP contribution in [0.1, 0.15) is 44.7 Å². The lowest BCUT2D eigenvalue weighted by atomic mass is 9.82. The molecule has 0 spiro atoms. The van der Waals surface area contributed by atoms with Gasteiger partial charge in [0.1, 0.15) is 0 Å². The van der Waals surface area contributed by atoms with Gasteiger partial charge >= 0.3 is 0 Å². The lowest BCUT2D eigenvalue weighted by Crippen LogP contribution is -2.25. The Bertz CT molecular complexity index is 847. The van der Waals surface area contributed by atoms with Gasteiger partial charge < -0.3 is 20.4 Å². The van der Waals surface area contributed by atoms with E-state index in [0.717, 1.165) is 50.4 Å². The number of nitrogens with zero attached hydrogens (tertiary/aromatic N) is 2. The van der Waals surface area contributed by atoms with Crippen molar-refractivity contribution in [1.29, 1.82) is 0 Å². The Morgan fingerprint density at radius 1 is 0.667 bits per heavy atom. The number of carbonyl (C=O) groups excluding carboxylic acids is 2. The maximum atomic E-state index is 13.4. The Morgan fingerprint density at radius 2 is 1.07 bits per heavy atom. The third-order valence-electron chi connectivity index (χ3n) is 5.27. The normalized spacial score (nSPS) is 12.9. The van der Waals surface area contributed by atoms with Crippen molar-refractivity contribution in [2.45, 2.75) is 12.8 Å². The summed E-state index contributed by atoms with van der Waals surface area (Å²) in [6.45, 7) is 3.39. The van der Waals surface area contributed by atoms with E-state index in [1.807, 2.05) is 52.5 Å². The highest BCUT2D eigenvalue weighted by Crippen LogP contribution is 2.36.